The topological polar surface area (TPSA) is 621 Å². The molecule has 3 fully saturated rings. The average molecular weight is 1580 g/mol. The third-order valence-electron chi connectivity index (χ3n) is 17.8. The van der Waals surface area contributed by atoms with E-state index in [0.29, 0.717) is 13.0 Å². The van der Waals surface area contributed by atoms with Gasteiger partial charge in [0.25, 0.3) is 0 Å². The Hall–Kier alpha value is -7.27. The summed E-state index contributed by atoms with van der Waals surface area (Å²) in [6.45, 7) is 6.59. The molecule has 3 aliphatic rings. The highest BCUT2D eigenvalue weighted by Gasteiger charge is 2.45. The van der Waals surface area contributed by atoms with E-state index in [9.17, 15) is 42.9 Å². The lowest BCUT2D eigenvalue weighted by atomic mass is 9.81. The molecule has 3 rings (SSSR count). The van der Waals surface area contributed by atoms with Crippen molar-refractivity contribution in [3.05, 3.63) is 0 Å². The number of nitrogens with zero attached hydrogens (tertiary/aromatic N) is 11. The first-order valence-electron chi connectivity index (χ1n) is 36.6. The maximum absolute atomic E-state index is 15.1. The lowest BCUT2D eigenvalue weighted by Gasteiger charge is -2.44. The molecular weight excluding hydrogens is 1450 g/mol. The van der Waals surface area contributed by atoms with Crippen molar-refractivity contribution in [1.82, 2.24) is 39.1 Å². The van der Waals surface area contributed by atoms with E-state index in [2.05, 4.69) is 35.6 Å². The molecule has 43 heteroatoms. The Morgan fingerprint density at radius 3 is 1.38 bits per heavy atom. The van der Waals surface area contributed by atoms with Crippen molar-refractivity contribution < 1.29 is 85.3 Å². The molecule has 0 spiro atoms. The zero-order valence-corrected chi connectivity index (χ0v) is 65.9. The van der Waals surface area contributed by atoms with Gasteiger partial charge in [-0.05, 0) is 113 Å². The second-order valence-electron chi connectivity index (χ2n) is 27.3. The van der Waals surface area contributed by atoms with E-state index in [0.717, 1.165) is 0 Å². The molecule has 0 aromatic heterocycles. The summed E-state index contributed by atoms with van der Waals surface area (Å²) >= 11 is 0. The summed E-state index contributed by atoms with van der Waals surface area (Å²) in [4.78, 5) is 135. The van der Waals surface area contributed by atoms with Gasteiger partial charge in [-0.15, -0.1) is 0 Å². The lowest BCUT2D eigenvalue weighted by molar-refractivity contribution is -0.147. The lowest BCUT2D eigenvalue weighted by Crippen LogP contribution is -2.53. The second kappa shape index (κ2) is 50.5. The van der Waals surface area contributed by atoms with Gasteiger partial charge in [-0.25, -0.2) is 23.5 Å². The van der Waals surface area contributed by atoms with Crippen LogP contribution in [0.15, 0.2) is 25.0 Å². The molecule has 3 saturated heterocycles. The largest absolute Gasteiger partial charge is 0.447 e. The van der Waals surface area contributed by atoms with Crippen molar-refractivity contribution in [3.8, 4) is 0 Å². The SMILES string of the molecule is CC(=O)C[C@@H](CCCN=C(N)N)C(=O)C[C@@H](CCCN=C(N)N)C(=O)C[C@@H](CCCN=C(N)N)C(=O)N[C@@H](CCCN=C(N)N)C(=O)C[C@@H](CCCN=C(N)N)C(=O)NCC(=O)N1C[C@@H](COP(=O)(N(C)C)N2C[C@@H](COP(=O)(N(C)C)N3CCN(C(=O)OCCOCCOCCO)CC3)O[C@@H](C)C2)O[C@@H](C)C1. The van der Waals surface area contributed by atoms with Crippen LogP contribution in [0.4, 0.5) is 4.79 Å². The molecule has 0 saturated carbocycles. The number of ketones is 4. The fourth-order valence-electron chi connectivity index (χ4n) is 12.4. The van der Waals surface area contributed by atoms with Gasteiger partial charge in [-0.2, -0.15) is 0 Å². The van der Waals surface area contributed by atoms with Gasteiger partial charge in [0.1, 0.15) is 24.0 Å². The second-order valence-corrected chi connectivity index (χ2v) is 32.5. The Morgan fingerprint density at radius 1 is 0.500 bits per heavy atom. The van der Waals surface area contributed by atoms with Gasteiger partial charge < -0.3 is 120 Å². The monoisotopic (exact) mass is 1580 g/mol. The van der Waals surface area contributed by atoms with E-state index < -0.39 is 124 Å². The predicted molar refractivity (Wildman–Crippen MR) is 407 cm³/mol. The standard InChI is InChI=1S/C65H125N23O18P2/c1-44(90)33-47(13-8-18-76-60(66)67)54(91)34-48(14-9-19-77-61(68)69)55(92)35-50(16-11-21-79-63(72)73)59(96)82-53(17-12-22-80-64(74)75)56(93)36-49(15-10-20-78-62(70)71)58(95)81-37-57(94)86-38-45(2)105-51(40-86)42-104-108(99,84(6)7)88-39-46(3)106-52(41-88)43-103-107(98,83(4)5)87-25-23-85(24-26-87)65(97)102-32-31-101-30-29-100-28-27-89/h45-53,89H,8-43H2,1-7H3,(H,81,95)(H,82,96)(H4,66,67,76)(H4,68,69,77)(H4,70,71,78)(H4,72,73,79)(H4,74,75,80)/t45-,46-,47+,48+,49+,50+,51-,52-,53-,107?,108?/m0/s1. The number of piperazine rings is 1. The van der Waals surface area contributed by atoms with Crippen LogP contribution in [-0.4, -0.2) is 313 Å². The average Bonchev–Trinajstić information content (AvgIpc) is 0.794. The van der Waals surface area contributed by atoms with Crippen LogP contribution < -0.4 is 68.0 Å². The highest BCUT2D eigenvalue weighted by atomic mass is 31.2. The van der Waals surface area contributed by atoms with Crippen LogP contribution in [0.3, 0.4) is 0 Å². The first-order valence-corrected chi connectivity index (χ1v) is 39.7. The van der Waals surface area contributed by atoms with Gasteiger partial charge in [0, 0.05) is 134 Å². The number of guanidine groups is 5. The first kappa shape index (κ1) is 94.9. The van der Waals surface area contributed by atoms with Crippen molar-refractivity contribution >= 4 is 92.1 Å². The quantitative estimate of drug-likeness (QED) is 0.0125. The number of aliphatic hydroxyl groups is 1. The van der Waals surface area contributed by atoms with E-state index in [1.54, 1.807) is 51.4 Å². The van der Waals surface area contributed by atoms with Gasteiger partial charge in [0.15, 0.2) is 35.6 Å². The van der Waals surface area contributed by atoms with Crippen LogP contribution in [0.1, 0.15) is 111 Å². The summed E-state index contributed by atoms with van der Waals surface area (Å²) in [5.41, 5.74) is 55.9. The van der Waals surface area contributed by atoms with Crippen molar-refractivity contribution in [2.45, 2.75) is 141 Å². The number of ether oxygens (including phenoxy) is 5. The molecule has 0 bridgehead atoms. The van der Waals surface area contributed by atoms with Crippen LogP contribution in [0.5, 0.6) is 0 Å². The summed E-state index contributed by atoms with van der Waals surface area (Å²) < 4.78 is 77.1. The van der Waals surface area contributed by atoms with Crippen LogP contribution in [0.25, 0.3) is 0 Å². The Kier molecular flexibility index (Phi) is 44.4. The summed E-state index contributed by atoms with van der Waals surface area (Å²) in [6, 6.07) is -1.28. The molecule has 0 aromatic carbocycles. The highest BCUT2D eigenvalue weighted by Crippen LogP contribution is 2.55. The van der Waals surface area contributed by atoms with Crippen LogP contribution in [0, 0.1) is 23.7 Å². The molecule has 618 valence electrons. The molecule has 0 radical (unpaired) electrons. The first-order chi connectivity index (χ1) is 51.1. The molecule has 11 atom stereocenters. The van der Waals surface area contributed by atoms with E-state index in [1.165, 1.54) is 26.1 Å². The number of nitrogens with two attached hydrogens (primary N) is 10. The Balaban J connectivity index is 1.80. The van der Waals surface area contributed by atoms with Crippen molar-refractivity contribution in [2.75, 3.05) is 173 Å². The number of aliphatic hydroxyl groups excluding tert-OH is 1. The molecule has 0 aliphatic carbocycles. The summed E-state index contributed by atoms with van der Waals surface area (Å²) in [7, 11) is -1.08. The maximum Gasteiger partial charge on any atom is 0.409 e. The summed E-state index contributed by atoms with van der Waals surface area (Å²) in [5, 5.41) is 14.4. The number of aliphatic imine (C=N–C) groups is 5. The van der Waals surface area contributed by atoms with E-state index >= 15 is 4.57 Å². The molecule has 23 N–H and O–H groups in total. The van der Waals surface area contributed by atoms with Gasteiger partial charge >= 0.3 is 21.4 Å². The van der Waals surface area contributed by atoms with Crippen molar-refractivity contribution in [3.63, 3.8) is 0 Å². The number of amides is 4. The Morgan fingerprint density at radius 2 is 0.907 bits per heavy atom. The maximum atomic E-state index is 15.1. The minimum atomic E-state index is -3.88. The number of morpholine rings is 2. The summed E-state index contributed by atoms with van der Waals surface area (Å²) in [5.74, 6) is -8.37. The fraction of sp³-hybridized carbons (Fsp3) is 0.800. The number of hydrogen-bond acceptors (Lipinski definition) is 23. The van der Waals surface area contributed by atoms with Gasteiger partial charge in [0.2, 0.25) is 17.7 Å². The Labute approximate surface area is 633 Å². The number of rotatable bonds is 54. The van der Waals surface area contributed by atoms with Crippen LogP contribution in [0.2, 0.25) is 0 Å². The van der Waals surface area contributed by atoms with E-state index in [4.69, 9.17) is 95.2 Å². The van der Waals surface area contributed by atoms with Crippen LogP contribution >= 0.6 is 15.3 Å². The minimum Gasteiger partial charge on any atom is -0.447 e. The highest BCUT2D eigenvalue weighted by molar-refractivity contribution is 7.54. The van der Waals surface area contributed by atoms with Gasteiger partial charge in [0.05, 0.1) is 83.3 Å². The number of carbonyl (C=O) groups excluding carboxylic acids is 8. The zero-order valence-electron chi connectivity index (χ0n) is 64.1. The number of nitrogens with one attached hydrogen (secondary N) is 2. The number of carbonyl (C=O) groups is 8. The molecule has 108 heavy (non-hydrogen) atoms. The number of Topliss-reactive ketones (excluding diaryl/α,β-unsaturated/α-hetero) is 4. The normalized spacial score (nSPS) is 19.6. The molecule has 4 amide bonds. The number of hydrogen-bond donors (Lipinski definition) is 13. The minimum absolute atomic E-state index is 0.0238. The molecule has 0 aromatic rings. The third kappa shape index (κ3) is 36.5. The summed E-state index contributed by atoms with van der Waals surface area (Å²) in [6.07, 6.45) is -2.60. The molecule has 3 aliphatic heterocycles. The predicted octanol–water partition coefficient (Wildman–Crippen LogP) is -2.97. The smallest absolute Gasteiger partial charge is 0.409 e. The van der Waals surface area contributed by atoms with E-state index in [-0.39, 0.29) is 243 Å². The third-order valence-corrected chi connectivity index (χ3v) is 22.9. The van der Waals surface area contributed by atoms with E-state index in [1.807, 2.05) is 0 Å². The molecule has 41 nitrogen and oxygen atoms in total. The zero-order chi connectivity index (χ0) is 80.5. The van der Waals surface area contributed by atoms with Crippen LogP contribution in [-0.2, 0) is 75.4 Å². The molecule has 2 unspecified atom stereocenters. The van der Waals surface area contributed by atoms with Gasteiger partial charge in [-0.1, -0.05) is 0 Å². The van der Waals surface area contributed by atoms with Crippen molar-refractivity contribution in [1.29, 1.82) is 0 Å². The fourth-order valence-corrected chi connectivity index (χ4v) is 16.4. The Bertz CT molecular complexity index is 3070. The molecular formula is C65H125N23O18P2. The molecule has 3 heterocycles. The van der Waals surface area contributed by atoms with Crippen molar-refractivity contribution in [2.24, 2.45) is 106 Å². The van der Waals surface area contributed by atoms with Gasteiger partial charge in [-0.3, -0.25) is 62.9 Å².